The van der Waals surface area contributed by atoms with Crippen molar-refractivity contribution >= 4 is 0 Å². The van der Waals surface area contributed by atoms with Crippen LogP contribution < -0.4 is 0 Å². The molecule has 0 spiro atoms. The van der Waals surface area contributed by atoms with Gasteiger partial charge in [0.05, 0.1) is 5.60 Å². The molecule has 0 radical (unpaired) electrons. The first kappa shape index (κ1) is 14.9. The maximum absolute atomic E-state index is 9.64. The van der Waals surface area contributed by atoms with E-state index in [9.17, 15) is 5.11 Å². The van der Waals surface area contributed by atoms with Gasteiger partial charge in [-0.05, 0) is 20.4 Å². The maximum atomic E-state index is 9.64. The molecule has 3 nitrogen and oxygen atoms in total. The van der Waals surface area contributed by atoms with Crippen molar-refractivity contribution in [3.8, 4) is 0 Å². The Morgan fingerprint density at radius 3 is 1.73 bits per heavy atom. The van der Waals surface area contributed by atoms with Crippen LogP contribution in [0.3, 0.4) is 0 Å². The third-order valence-corrected chi connectivity index (χ3v) is 2.52. The normalized spacial score (nSPS) is 19.6. The van der Waals surface area contributed by atoms with E-state index < -0.39 is 5.60 Å². The zero-order valence-corrected chi connectivity index (χ0v) is 11.1. The number of hydrogen-bond acceptors (Lipinski definition) is 3. The summed E-state index contributed by atoms with van der Waals surface area (Å²) in [6.07, 6.45) is 0. The van der Waals surface area contributed by atoms with Crippen LogP contribution in [0.5, 0.6) is 0 Å². The largest absolute Gasteiger partial charge is 0.389 e. The summed E-state index contributed by atoms with van der Waals surface area (Å²) in [7, 11) is 0. The average Bonchev–Trinajstić information content (AvgIpc) is 2.20. The van der Waals surface area contributed by atoms with Gasteiger partial charge in [0.2, 0.25) is 0 Å². The van der Waals surface area contributed by atoms with Crippen LogP contribution >= 0.6 is 0 Å². The molecule has 1 heterocycles. The highest BCUT2D eigenvalue weighted by Crippen LogP contribution is 2.07. The number of rotatable bonds is 3. The van der Waals surface area contributed by atoms with Crippen molar-refractivity contribution in [2.24, 2.45) is 0 Å². The van der Waals surface area contributed by atoms with Crippen molar-refractivity contribution in [3.63, 3.8) is 0 Å². The number of hydrogen-bond donors (Lipinski definition) is 1. The zero-order chi connectivity index (χ0) is 11.9. The summed E-state index contributed by atoms with van der Waals surface area (Å²) in [5, 5.41) is 9.64. The number of nitrogens with zero attached hydrogens (tertiary/aromatic N) is 2. The van der Waals surface area contributed by atoms with Gasteiger partial charge in [-0.1, -0.05) is 20.8 Å². The summed E-state index contributed by atoms with van der Waals surface area (Å²) >= 11 is 0. The van der Waals surface area contributed by atoms with Crippen molar-refractivity contribution < 1.29 is 5.11 Å². The van der Waals surface area contributed by atoms with Crippen molar-refractivity contribution in [1.29, 1.82) is 0 Å². The lowest BCUT2D eigenvalue weighted by Gasteiger charge is -2.36. The molecule has 1 fully saturated rings. The summed E-state index contributed by atoms with van der Waals surface area (Å²) in [4.78, 5) is 4.78. The molecule has 1 saturated heterocycles. The molecule has 0 aliphatic carbocycles. The molecule has 0 aromatic rings. The summed E-state index contributed by atoms with van der Waals surface area (Å²) in [6.45, 7) is 16.4. The minimum absolute atomic E-state index is 0.547. The number of β-amino-alcohol motifs (C(OH)–C–C–N with tert-alkyl or cyclic N) is 1. The van der Waals surface area contributed by atoms with E-state index in [-0.39, 0.29) is 0 Å². The lowest BCUT2D eigenvalue weighted by atomic mass is 10.1. The van der Waals surface area contributed by atoms with Gasteiger partial charge in [-0.2, -0.15) is 0 Å². The van der Waals surface area contributed by atoms with E-state index in [1.165, 1.54) is 0 Å². The van der Waals surface area contributed by atoms with Crippen LogP contribution in [-0.2, 0) is 0 Å². The highest BCUT2D eigenvalue weighted by atomic mass is 16.3. The molecule has 0 saturated carbocycles. The van der Waals surface area contributed by atoms with E-state index in [0.717, 1.165) is 39.3 Å². The van der Waals surface area contributed by atoms with Crippen molar-refractivity contribution in [2.45, 2.75) is 40.2 Å². The molecule has 1 aliphatic heterocycles. The Kier molecular flexibility index (Phi) is 7.14. The van der Waals surface area contributed by atoms with Crippen LogP contribution in [0.15, 0.2) is 0 Å². The fourth-order valence-electron chi connectivity index (χ4n) is 1.81. The zero-order valence-electron chi connectivity index (χ0n) is 11.1. The first-order chi connectivity index (χ1) is 7.01. The Morgan fingerprint density at radius 1 is 1.00 bits per heavy atom. The molecule has 0 aromatic carbocycles. The van der Waals surface area contributed by atoms with Crippen LogP contribution in [0, 0.1) is 0 Å². The number of likely N-dealkylation sites (N-methyl/N-ethyl adjacent to an activating group) is 1. The molecule has 92 valence electrons. The molecule has 0 aromatic heterocycles. The quantitative estimate of drug-likeness (QED) is 0.773. The average molecular weight is 216 g/mol. The Balaban J connectivity index is 0.000000921. The molecule has 0 amide bonds. The van der Waals surface area contributed by atoms with Gasteiger partial charge < -0.3 is 10.0 Å². The standard InChI is InChI=1S/C10H22N2O.C2H6/c1-4-11-5-7-12(8-6-11)9-10(2,3)13;1-2/h13H,4-9H2,1-3H3;1-2H3. The lowest BCUT2D eigenvalue weighted by Crippen LogP contribution is -2.50. The lowest BCUT2D eigenvalue weighted by molar-refractivity contribution is 0.0185. The highest BCUT2D eigenvalue weighted by molar-refractivity contribution is 4.77. The van der Waals surface area contributed by atoms with Crippen LogP contribution in [-0.4, -0.2) is 59.8 Å². The SMILES string of the molecule is CC.CCN1CCN(CC(C)(C)O)CC1. The van der Waals surface area contributed by atoms with E-state index in [4.69, 9.17) is 0 Å². The van der Waals surface area contributed by atoms with Crippen molar-refractivity contribution in [2.75, 3.05) is 39.3 Å². The van der Waals surface area contributed by atoms with Gasteiger partial charge in [0, 0.05) is 32.7 Å². The van der Waals surface area contributed by atoms with E-state index in [1.54, 1.807) is 0 Å². The minimum Gasteiger partial charge on any atom is -0.389 e. The third-order valence-electron chi connectivity index (χ3n) is 2.52. The van der Waals surface area contributed by atoms with Gasteiger partial charge in [-0.3, -0.25) is 4.90 Å². The fourth-order valence-corrected chi connectivity index (χ4v) is 1.81. The smallest absolute Gasteiger partial charge is 0.0718 e. The van der Waals surface area contributed by atoms with Crippen molar-refractivity contribution in [3.05, 3.63) is 0 Å². The van der Waals surface area contributed by atoms with Crippen LogP contribution in [0.4, 0.5) is 0 Å². The second-order valence-electron chi connectivity index (χ2n) is 4.52. The third kappa shape index (κ3) is 6.88. The first-order valence-corrected chi connectivity index (χ1v) is 6.18. The summed E-state index contributed by atoms with van der Waals surface area (Å²) in [5.41, 5.74) is -0.547. The molecule has 0 unspecified atom stereocenters. The predicted octanol–water partition coefficient (Wildman–Crippen LogP) is 1.42. The summed E-state index contributed by atoms with van der Waals surface area (Å²) < 4.78 is 0. The predicted molar refractivity (Wildman–Crippen MR) is 66.2 cm³/mol. The van der Waals surface area contributed by atoms with E-state index in [0.29, 0.717) is 0 Å². The Labute approximate surface area is 95.1 Å². The minimum atomic E-state index is -0.547. The Morgan fingerprint density at radius 2 is 1.40 bits per heavy atom. The number of aliphatic hydroxyl groups is 1. The second-order valence-corrected chi connectivity index (χ2v) is 4.52. The molecule has 1 aliphatic rings. The molecule has 3 heteroatoms. The molecule has 15 heavy (non-hydrogen) atoms. The van der Waals surface area contributed by atoms with Crippen LogP contribution in [0.1, 0.15) is 34.6 Å². The van der Waals surface area contributed by atoms with Gasteiger partial charge in [0.1, 0.15) is 0 Å². The number of piperazine rings is 1. The molecular weight excluding hydrogens is 188 g/mol. The summed E-state index contributed by atoms with van der Waals surface area (Å²) in [5.74, 6) is 0. The monoisotopic (exact) mass is 216 g/mol. The molecular formula is C12H28N2O. The summed E-state index contributed by atoms with van der Waals surface area (Å²) in [6, 6.07) is 0. The van der Waals surface area contributed by atoms with E-state index in [1.807, 2.05) is 27.7 Å². The van der Waals surface area contributed by atoms with Crippen molar-refractivity contribution in [1.82, 2.24) is 9.80 Å². The highest BCUT2D eigenvalue weighted by Gasteiger charge is 2.21. The van der Waals surface area contributed by atoms with E-state index >= 15 is 0 Å². The van der Waals surface area contributed by atoms with Crippen LogP contribution in [0.25, 0.3) is 0 Å². The Hall–Kier alpha value is -0.120. The topological polar surface area (TPSA) is 26.7 Å². The first-order valence-electron chi connectivity index (χ1n) is 6.18. The fraction of sp³-hybridized carbons (Fsp3) is 1.00. The van der Waals surface area contributed by atoms with Gasteiger partial charge in [0.25, 0.3) is 0 Å². The molecule has 0 atom stereocenters. The molecule has 1 rings (SSSR count). The maximum Gasteiger partial charge on any atom is 0.0718 e. The van der Waals surface area contributed by atoms with E-state index in [2.05, 4.69) is 16.7 Å². The molecule has 0 bridgehead atoms. The van der Waals surface area contributed by atoms with Crippen LogP contribution in [0.2, 0.25) is 0 Å². The second kappa shape index (κ2) is 7.20. The van der Waals surface area contributed by atoms with Gasteiger partial charge in [-0.15, -0.1) is 0 Å². The van der Waals surface area contributed by atoms with Gasteiger partial charge in [0.15, 0.2) is 0 Å². The Bertz CT molecular complexity index is 146. The molecule has 1 N–H and O–H groups in total. The van der Waals surface area contributed by atoms with Gasteiger partial charge in [-0.25, -0.2) is 0 Å². The van der Waals surface area contributed by atoms with Gasteiger partial charge >= 0.3 is 0 Å².